The molecule has 1 aromatic carbocycles. The number of non-ortho nitro benzene ring substituents is 1. The maximum absolute atomic E-state index is 11.9. The number of halogens is 1. The highest BCUT2D eigenvalue weighted by molar-refractivity contribution is 7.89. The van der Waals surface area contributed by atoms with E-state index in [0.717, 1.165) is 18.2 Å². The second-order valence-electron chi connectivity index (χ2n) is 3.63. The minimum Gasteiger partial charge on any atom is -0.342 e. The molecular weight excluding hydrogens is 324 g/mol. The van der Waals surface area contributed by atoms with Crippen molar-refractivity contribution in [2.75, 3.05) is 13.1 Å². The number of nitro benzene ring substituents is 1. The Balaban J connectivity index is 2.86. The minimum absolute atomic E-state index is 0.251. The highest BCUT2D eigenvalue weighted by Gasteiger charge is 2.21. The number of carbonyl (C=O) groups excluding carboxylic acids is 1. The quantitative estimate of drug-likeness (QED) is 0.432. The SMILES string of the molecule is N#CCNC(=O)CNS(=O)(=O)c1ccc([N+](=O)[O-])cc1Cl. The molecule has 0 aliphatic heterocycles. The second-order valence-corrected chi connectivity index (χ2v) is 5.77. The maximum atomic E-state index is 11.9. The summed E-state index contributed by atoms with van der Waals surface area (Å²) >= 11 is 5.69. The Hall–Kier alpha value is -2.22. The fraction of sp³-hybridized carbons (Fsp3) is 0.200. The molecule has 0 atom stereocenters. The van der Waals surface area contributed by atoms with E-state index in [0.29, 0.717) is 0 Å². The van der Waals surface area contributed by atoms with Gasteiger partial charge in [-0.3, -0.25) is 14.9 Å². The predicted molar refractivity (Wildman–Crippen MR) is 71.9 cm³/mol. The summed E-state index contributed by atoms with van der Waals surface area (Å²) in [6, 6.07) is 4.50. The zero-order valence-electron chi connectivity index (χ0n) is 10.4. The Morgan fingerprint density at radius 2 is 2.14 bits per heavy atom. The first-order chi connectivity index (χ1) is 9.77. The number of amides is 1. The van der Waals surface area contributed by atoms with E-state index in [-0.39, 0.29) is 22.2 Å². The van der Waals surface area contributed by atoms with Crippen LogP contribution in [0.5, 0.6) is 0 Å². The molecule has 112 valence electrons. The third-order valence-electron chi connectivity index (χ3n) is 2.20. The normalized spacial score (nSPS) is 10.7. The van der Waals surface area contributed by atoms with Crippen LogP contribution < -0.4 is 10.0 Å². The van der Waals surface area contributed by atoms with Gasteiger partial charge in [0.05, 0.1) is 22.6 Å². The van der Waals surface area contributed by atoms with Crippen LogP contribution in [-0.2, 0) is 14.8 Å². The van der Waals surface area contributed by atoms with Gasteiger partial charge in [0.1, 0.15) is 11.4 Å². The second kappa shape index (κ2) is 6.98. The van der Waals surface area contributed by atoms with Crippen LogP contribution in [0.25, 0.3) is 0 Å². The third-order valence-corrected chi connectivity index (χ3v) is 4.09. The monoisotopic (exact) mass is 332 g/mol. The van der Waals surface area contributed by atoms with Crippen LogP contribution in [0.1, 0.15) is 0 Å². The third kappa shape index (κ3) is 4.67. The number of hydrogen-bond acceptors (Lipinski definition) is 6. The number of rotatable bonds is 6. The fourth-order valence-corrected chi connectivity index (χ4v) is 2.78. The van der Waals surface area contributed by atoms with E-state index in [1.165, 1.54) is 0 Å². The van der Waals surface area contributed by atoms with Crippen LogP contribution in [0.4, 0.5) is 5.69 Å². The van der Waals surface area contributed by atoms with Crippen molar-refractivity contribution in [1.29, 1.82) is 5.26 Å². The molecule has 1 rings (SSSR count). The van der Waals surface area contributed by atoms with E-state index in [1.807, 2.05) is 4.72 Å². The first-order valence-corrected chi connectivity index (χ1v) is 7.21. The topological polar surface area (TPSA) is 142 Å². The first-order valence-electron chi connectivity index (χ1n) is 5.35. The van der Waals surface area contributed by atoms with Crippen LogP contribution in [0.15, 0.2) is 23.1 Å². The highest BCUT2D eigenvalue weighted by Crippen LogP contribution is 2.25. The summed E-state index contributed by atoms with van der Waals surface area (Å²) in [7, 11) is -4.10. The number of hydrogen-bond donors (Lipinski definition) is 2. The van der Waals surface area contributed by atoms with Crippen molar-refractivity contribution in [3.63, 3.8) is 0 Å². The average molecular weight is 333 g/mol. The van der Waals surface area contributed by atoms with Gasteiger partial charge < -0.3 is 5.32 Å². The predicted octanol–water partition coefficient (Wildman–Crippen LogP) is 0.166. The van der Waals surface area contributed by atoms with Gasteiger partial charge in [0.25, 0.3) is 5.69 Å². The lowest BCUT2D eigenvalue weighted by molar-refractivity contribution is -0.384. The van der Waals surface area contributed by atoms with E-state index in [4.69, 9.17) is 16.9 Å². The molecule has 2 N–H and O–H groups in total. The largest absolute Gasteiger partial charge is 0.342 e. The van der Waals surface area contributed by atoms with Crippen LogP contribution in [0.2, 0.25) is 5.02 Å². The van der Waals surface area contributed by atoms with E-state index in [1.54, 1.807) is 6.07 Å². The summed E-state index contributed by atoms with van der Waals surface area (Å²) in [6.45, 7) is -0.837. The molecule has 0 saturated carbocycles. The Morgan fingerprint density at radius 1 is 1.48 bits per heavy atom. The average Bonchev–Trinajstić information content (AvgIpc) is 2.42. The number of nitrogens with zero attached hydrogens (tertiary/aromatic N) is 2. The highest BCUT2D eigenvalue weighted by atomic mass is 35.5. The van der Waals surface area contributed by atoms with Gasteiger partial charge >= 0.3 is 0 Å². The van der Waals surface area contributed by atoms with Crippen LogP contribution in [0, 0.1) is 21.4 Å². The van der Waals surface area contributed by atoms with Gasteiger partial charge in [-0.05, 0) is 6.07 Å². The van der Waals surface area contributed by atoms with Gasteiger partial charge in [-0.1, -0.05) is 11.6 Å². The lowest BCUT2D eigenvalue weighted by Gasteiger charge is -2.07. The first kappa shape index (κ1) is 16.8. The van der Waals surface area contributed by atoms with Crippen molar-refractivity contribution in [1.82, 2.24) is 10.0 Å². The fourth-order valence-electron chi connectivity index (χ4n) is 1.26. The molecule has 1 aromatic rings. The van der Waals surface area contributed by atoms with Crippen LogP contribution >= 0.6 is 11.6 Å². The van der Waals surface area contributed by atoms with E-state index < -0.39 is 27.4 Å². The summed E-state index contributed by atoms with van der Waals surface area (Å²) in [5.41, 5.74) is -0.356. The smallest absolute Gasteiger partial charge is 0.271 e. The van der Waals surface area contributed by atoms with Crippen molar-refractivity contribution in [3.8, 4) is 6.07 Å². The van der Waals surface area contributed by atoms with Crippen molar-refractivity contribution < 1.29 is 18.1 Å². The van der Waals surface area contributed by atoms with Crippen molar-refractivity contribution in [3.05, 3.63) is 33.3 Å². The molecule has 0 saturated heterocycles. The van der Waals surface area contributed by atoms with Gasteiger partial charge in [0, 0.05) is 12.1 Å². The molecule has 11 heteroatoms. The Bertz CT molecular complexity index is 713. The Kier molecular flexibility index (Phi) is 5.60. The van der Waals surface area contributed by atoms with Crippen molar-refractivity contribution in [2.24, 2.45) is 0 Å². The standard InChI is InChI=1S/C10H9ClN4O5S/c11-8-5-7(15(17)18)1-2-9(8)21(19,20)14-6-10(16)13-4-3-12/h1-2,5,14H,4,6H2,(H,13,16). The van der Waals surface area contributed by atoms with Gasteiger partial charge in [-0.2, -0.15) is 5.26 Å². The van der Waals surface area contributed by atoms with Crippen molar-refractivity contribution >= 4 is 33.2 Å². The molecule has 9 nitrogen and oxygen atoms in total. The zero-order chi connectivity index (χ0) is 16.0. The molecule has 0 heterocycles. The molecule has 0 radical (unpaired) electrons. The summed E-state index contributed by atoms with van der Waals surface area (Å²) in [6.07, 6.45) is 0. The lowest BCUT2D eigenvalue weighted by Crippen LogP contribution is -2.37. The summed E-state index contributed by atoms with van der Waals surface area (Å²) in [5.74, 6) is -0.696. The maximum Gasteiger partial charge on any atom is 0.271 e. The van der Waals surface area contributed by atoms with Gasteiger partial charge in [-0.15, -0.1) is 0 Å². The number of benzene rings is 1. The van der Waals surface area contributed by atoms with Gasteiger partial charge in [-0.25, -0.2) is 13.1 Å². The van der Waals surface area contributed by atoms with E-state index >= 15 is 0 Å². The van der Waals surface area contributed by atoms with Crippen LogP contribution in [-0.4, -0.2) is 32.3 Å². The molecule has 0 bridgehead atoms. The number of nitrogens with one attached hydrogen (secondary N) is 2. The summed E-state index contributed by atoms with van der Waals surface area (Å²) in [4.78, 5) is 20.6. The molecule has 0 fully saturated rings. The molecule has 21 heavy (non-hydrogen) atoms. The van der Waals surface area contributed by atoms with Gasteiger partial charge in [0.2, 0.25) is 15.9 Å². The number of carbonyl (C=O) groups is 1. The number of nitriles is 1. The summed E-state index contributed by atoms with van der Waals surface area (Å²) < 4.78 is 25.8. The molecule has 1 amide bonds. The Morgan fingerprint density at radius 3 is 2.67 bits per heavy atom. The molecule has 0 spiro atoms. The number of sulfonamides is 1. The molecule has 0 aromatic heterocycles. The molecule has 0 aliphatic carbocycles. The molecular formula is C10H9ClN4O5S. The van der Waals surface area contributed by atoms with Gasteiger partial charge in [0.15, 0.2) is 0 Å². The van der Waals surface area contributed by atoms with E-state index in [2.05, 4.69) is 5.32 Å². The molecule has 0 unspecified atom stereocenters. The summed E-state index contributed by atoms with van der Waals surface area (Å²) in [5, 5.41) is 20.6. The molecule has 0 aliphatic rings. The van der Waals surface area contributed by atoms with E-state index in [9.17, 15) is 23.3 Å². The number of nitro groups is 1. The van der Waals surface area contributed by atoms with Crippen LogP contribution in [0.3, 0.4) is 0 Å². The minimum atomic E-state index is -4.10. The zero-order valence-corrected chi connectivity index (χ0v) is 11.9. The lowest BCUT2D eigenvalue weighted by atomic mass is 10.3. The Labute approximate surface area is 124 Å². The van der Waals surface area contributed by atoms with Crippen molar-refractivity contribution in [2.45, 2.75) is 4.90 Å².